The first-order valence-electron chi connectivity index (χ1n) is 4.98. The maximum absolute atomic E-state index is 13.9. The average Bonchev–Trinajstić information content (AvgIpc) is 2.81. The highest BCUT2D eigenvalue weighted by atomic mass is 19.1. The molecule has 3 rings (SSSR count). The number of H-pyrrole nitrogens is 1. The second kappa shape index (κ2) is 3.39. The Morgan fingerprint density at radius 2 is 2.24 bits per heavy atom. The van der Waals surface area contributed by atoms with Gasteiger partial charge >= 0.3 is 0 Å². The van der Waals surface area contributed by atoms with Crippen molar-refractivity contribution >= 4 is 16.6 Å². The normalized spacial score (nSPS) is 11.4. The summed E-state index contributed by atoms with van der Waals surface area (Å²) >= 11 is 0. The van der Waals surface area contributed by atoms with Crippen LogP contribution in [0.2, 0.25) is 0 Å². The maximum Gasteiger partial charge on any atom is 0.274 e. The molecular weight excluding hydrogens is 225 g/mol. The fraction of sp³-hybridized carbons (Fsp3) is 0.0909. The maximum atomic E-state index is 13.9. The first kappa shape index (κ1) is 9.98. The van der Waals surface area contributed by atoms with E-state index in [2.05, 4.69) is 9.97 Å². The van der Waals surface area contributed by atoms with Crippen LogP contribution in [0.5, 0.6) is 0 Å². The summed E-state index contributed by atoms with van der Waals surface area (Å²) in [6.07, 6.45) is 2.86. The molecule has 0 fully saturated rings. The van der Waals surface area contributed by atoms with Crippen LogP contribution in [-0.4, -0.2) is 19.5 Å². The van der Waals surface area contributed by atoms with Crippen molar-refractivity contribution in [1.29, 1.82) is 0 Å². The summed E-state index contributed by atoms with van der Waals surface area (Å²) < 4.78 is 15.4. The first-order chi connectivity index (χ1) is 8.22. The van der Waals surface area contributed by atoms with E-state index in [9.17, 15) is 9.18 Å². The van der Waals surface area contributed by atoms with Crippen molar-refractivity contribution in [2.75, 3.05) is 0 Å². The van der Waals surface area contributed by atoms with E-state index in [0.29, 0.717) is 11.0 Å². The summed E-state index contributed by atoms with van der Waals surface area (Å²) in [4.78, 5) is 18.0. The van der Waals surface area contributed by atoms with Crippen LogP contribution in [0.25, 0.3) is 16.6 Å². The predicted molar refractivity (Wildman–Crippen MR) is 59.2 cm³/mol. The fourth-order valence-corrected chi connectivity index (χ4v) is 1.88. The number of rotatable bonds is 1. The number of imidazole rings is 1. The molecule has 0 radical (unpaired) electrons. The van der Waals surface area contributed by atoms with Crippen LogP contribution in [0.4, 0.5) is 4.39 Å². The number of nitrogens with one attached hydrogen (secondary N) is 1. The number of hydrogen-bond donors (Lipinski definition) is 2. The number of halogens is 1. The summed E-state index contributed by atoms with van der Waals surface area (Å²) in [5.74, 6) is -0.613. The van der Waals surface area contributed by atoms with Crippen LogP contribution in [0.1, 0.15) is 5.56 Å². The standard InChI is InChI=1S/C11H8FN3O2/c12-9-6(4-16)1-2-7-10(9)14-11(17)8-3-13-5-15(7)8/h1-3,5,16H,4H2,(H,14,17). The number of fused-ring (bicyclic) bond motifs is 3. The number of benzene rings is 1. The van der Waals surface area contributed by atoms with Gasteiger partial charge in [0, 0.05) is 5.56 Å². The fourth-order valence-electron chi connectivity index (χ4n) is 1.88. The predicted octanol–water partition coefficient (Wildman–Crippen LogP) is 0.807. The van der Waals surface area contributed by atoms with Gasteiger partial charge in [0.25, 0.3) is 5.56 Å². The molecule has 0 aliphatic heterocycles. The molecule has 5 nitrogen and oxygen atoms in total. The molecule has 86 valence electrons. The molecule has 0 unspecified atom stereocenters. The van der Waals surface area contributed by atoms with Crippen molar-refractivity contribution in [3.63, 3.8) is 0 Å². The number of aliphatic hydroxyl groups is 1. The van der Waals surface area contributed by atoms with Crippen LogP contribution in [0.15, 0.2) is 29.5 Å². The van der Waals surface area contributed by atoms with Gasteiger partial charge in [-0.1, -0.05) is 6.07 Å². The highest BCUT2D eigenvalue weighted by Gasteiger charge is 2.11. The highest BCUT2D eigenvalue weighted by molar-refractivity contribution is 5.79. The van der Waals surface area contributed by atoms with E-state index in [1.165, 1.54) is 23.0 Å². The minimum absolute atomic E-state index is 0.0760. The molecule has 0 saturated carbocycles. The van der Waals surface area contributed by atoms with Crippen molar-refractivity contribution in [3.05, 3.63) is 46.4 Å². The molecule has 1 aromatic carbocycles. The lowest BCUT2D eigenvalue weighted by Gasteiger charge is -2.05. The monoisotopic (exact) mass is 233 g/mol. The number of aliphatic hydroxyl groups excluding tert-OH is 1. The molecule has 2 N–H and O–H groups in total. The van der Waals surface area contributed by atoms with Gasteiger partial charge in [0.05, 0.1) is 24.6 Å². The number of aromatic nitrogens is 3. The van der Waals surface area contributed by atoms with Gasteiger partial charge in [0.15, 0.2) is 5.82 Å². The Kier molecular flexibility index (Phi) is 1.99. The molecule has 0 aliphatic rings. The van der Waals surface area contributed by atoms with E-state index in [4.69, 9.17) is 5.11 Å². The van der Waals surface area contributed by atoms with Crippen LogP contribution in [-0.2, 0) is 6.61 Å². The number of aromatic amines is 1. The van der Waals surface area contributed by atoms with E-state index in [1.807, 2.05) is 0 Å². The largest absolute Gasteiger partial charge is 0.392 e. The minimum atomic E-state index is -0.613. The molecule has 0 amide bonds. The van der Waals surface area contributed by atoms with Crippen LogP contribution in [0.3, 0.4) is 0 Å². The molecule has 3 aromatic rings. The lowest BCUT2D eigenvalue weighted by atomic mass is 10.2. The number of hydrogen-bond acceptors (Lipinski definition) is 3. The van der Waals surface area contributed by atoms with Gasteiger partial charge in [-0.2, -0.15) is 0 Å². The molecule has 6 heteroatoms. The minimum Gasteiger partial charge on any atom is -0.392 e. The van der Waals surface area contributed by atoms with E-state index in [1.54, 1.807) is 6.07 Å². The molecule has 0 spiro atoms. The Morgan fingerprint density at radius 3 is 3.00 bits per heavy atom. The topological polar surface area (TPSA) is 70.4 Å². The van der Waals surface area contributed by atoms with Crippen molar-refractivity contribution < 1.29 is 9.50 Å². The quantitative estimate of drug-likeness (QED) is 0.653. The molecule has 2 aromatic heterocycles. The Bertz CT molecular complexity index is 775. The molecule has 0 saturated heterocycles. The first-order valence-corrected chi connectivity index (χ1v) is 4.98. The average molecular weight is 233 g/mol. The van der Waals surface area contributed by atoms with Gasteiger partial charge < -0.3 is 10.1 Å². The van der Waals surface area contributed by atoms with Crippen molar-refractivity contribution in [1.82, 2.24) is 14.4 Å². The molecule has 2 heterocycles. The third-order valence-corrected chi connectivity index (χ3v) is 2.74. The molecule has 0 atom stereocenters. The summed E-state index contributed by atoms with van der Waals surface area (Å²) in [6, 6.07) is 3.12. The second-order valence-electron chi connectivity index (χ2n) is 3.69. The van der Waals surface area contributed by atoms with Gasteiger partial charge in [-0.05, 0) is 6.07 Å². The van der Waals surface area contributed by atoms with Crippen molar-refractivity contribution in [3.8, 4) is 0 Å². The van der Waals surface area contributed by atoms with Crippen molar-refractivity contribution in [2.45, 2.75) is 6.61 Å². The van der Waals surface area contributed by atoms with Gasteiger partial charge in [-0.25, -0.2) is 9.37 Å². The Labute approximate surface area is 94.2 Å². The summed E-state index contributed by atoms with van der Waals surface area (Å²) in [5, 5.41) is 8.97. The summed E-state index contributed by atoms with van der Waals surface area (Å²) in [6.45, 7) is -0.411. The zero-order chi connectivity index (χ0) is 12.0. The molecule has 0 bridgehead atoms. The van der Waals surface area contributed by atoms with E-state index in [-0.39, 0.29) is 11.1 Å². The van der Waals surface area contributed by atoms with Crippen LogP contribution in [0, 0.1) is 5.82 Å². The summed E-state index contributed by atoms with van der Waals surface area (Å²) in [5.41, 5.74) is 0.670. The van der Waals surface area contributed by atoms with Gasteiger partial charge in [-0.3, -0.25) is 9.20 Å². The van der Waals surface area contributed by atoms with Crippen LogP contribution >= 0.6 is 0 Å². The SMILES string of the molecule is O=c1[nH]c2c(F)c(CO)ccc2n2cncc12. The lowest BCUT2D eigenvalue weighted by molar-refractivity contribution is 0.276. The molecule has 17 heavy (non-hydrogen) atoms. The summed E-state index contributed by atoms with van der Waals surface area (Å²) in [7, 11) is 0. The third kappa shape index (κ3) is 1.27. The zero-order valence-electron chi connectivity index (χ0n) is 8.64. The van der Waals surface area contributed by atoms with E-state index in [0.717, 1.165) is 0 Å². The van der Waals surface area contributed by atoms with Crippen molar-refractivity contribution in [2.24, 2.45) is 0 Å². The van der Waals surface area contributed by atoms with Crippen LogP contribution < -0.4 is 5.56 Å². The Hall–Kier alpha value is -2.21. The Balaban J connectivity index is 2.58. The molecular formula is C11H8FN3O2. The molecule has 0 aliphatic carbocycles. The van der Waals surface area contributed by atoms with Gasteiger partial charge in [-0.15, -0.1) is 0 Å². The van der Waals surface area contributed by atoms with E-state index < -0.39 is 18.0 Å². The highest BCUT2D eigenvalue weighted by Crippen LogP contribution is 2.18. The number of nitrogens with zero attached hydrogens (tertiary/aromatic N) is 2. The smallest absolute Gasteiger partial charge is 0.274 e. The van der Waals surface area contributed by atoms with Gasteiger partial charge in [0.1, 0.15) is 11.0 Å². The van der Waals surface area contributed by atoms with Gasteiger partial charge in [0.2, 0.25) is 0 Å². The third-order valence-electron chi connectivity index (χ3n) is 2.74. The lowest BCUT2D eigenvalue weighted by Crippen LogP contribution is -2.11. The second-order valence-corrected chi connectivity index (χ2v) is 3.69. The zero-order valence-corrected chi connectivity index (χ0v) is 8.64. The Morgan fingerprint density at radius 1 is 1.41 bits per heavy atom. The van der Waals surface area contributed by atoms with E-state index >= 15 is 0 Å².